The van der Waals surface area contributed by atoms with Crippen LogP contribution in [-0.2, 0) is 32.9 Å². The lowest BCUT2D eigenvalue weighted by Gasteiger charge is -2.29. The van der Waals surface area contributed by atoms with Crippen LogP contribution < -0.4 is 10.6 Å². The quantitative estimate of drug-likeness (QED) is 0.581. The first kappa shape index (κ1) is 23.1. The lowest BCUT2D eigenvalue weighted by molar-refractivity contribution is -0.137. The van der Waals surface area contributed by atoms with E-state index in [0.29, 0.717) is 17.5 Å². The number of nitrogens with one attached hydrogen (secondary N) is 2. The molecule has 2 aliphatic rings. The van der Waals surface area contributed by atoms with E-state index in [4.69, 9.17) is 0 Å². The summed E-state index contributed by atoms with van der Waals surface area (Å²) in [6, 6.07) is 6.65. The molecule has 33 heavy (non-hydrogen) atoms. The first-order valence-electron chi connectivity index (χ1n) is 10.9. The van der Waals surface area contributed by atoms with Gasteiger partial charge in [-0.3, -0.25) is 24.5 Å². The number of hydrogen-bond acceptors (Lipinski definition) is 6. The van der Waals surface area contributed by atoms with Gasteiger partial charge >= 0.3 is 0 Å². The molecule has 1 aromatic carbocycles. The molecule has 9 heteroatoms. The van der Waals surface area contributed by atoms with Gasteiger partial charge in [-0.2, -0.15) is 0 Å². The lowest BCUT2D eigenvalue weighted by atomic mass is 9.86. The first-order valence-corrected chi connectivity index (χ1v) is 11.7. The maximum Gasteiger partial charge on any atom is 0.256 e. The number of hydrogen-bond donors (Lipinski definition) is 3. The van der Waals surface area contributed by atoms with E-state index in [1.54, 1.807) is 17.5 Å². The van der Waals surface area contributed by atoms with Gasteiger partial charge < -0.3 is 15.3 Å². The van der Waals surface area contributed by atoms with Crippen molar-refractivity contribution in [2.45, 2.75) is 64.3 Å². The molecule has 0 aliphatic carbocycles. The van der Waals surface area contributed by atoms with Gasteiger partial charge in [-0.25, -0.2) is 0 Å². The summed E-state index contributed by atoms with van der Waals surface area (Å²) in [4.78, 5) is 51.2. The van der Waals surface area contributed by atoms with Crippen LogP contribution in [0.2, 0.25) is 0 Å². The molecule has 1 aromatic heterocycles. The maximum absolute atomic E-state index is 12.8. The lowest BCUT2D eigenvalue weighted by Crippen LogP contribution is -2.52. The summed E-state index contributed by atoms with van der Waals surface area (Å²) in [6.45, 7) is 6.71. The number of rotatable bonds is 5. The van der Waals surface area contributed by atoms with Crippen molar-refractivity contribution in [3.05, 3.63) is 56.8 Å². The number of carbonyl (C=O) groups excluding carboxylic acids is 4. The van der Waals surface area contributed by atoms with Crippen molar-refractivity contribution in [3.63, 3.8) is 0 Å². The van der Waals surface area contributed by atoms with E-state index in [-0.39, 0.29) is 36.7 Å². The minimum Gasteiger partial charge on any atom is -0.378 e. The summed E-state index contributed by atoms with van der Waals surface area (Å²) >= 11 is 1.36. The monoisotopic (exact) mass is 469 g/mol. The molecule has 4 rings (SSSR count). The standard InChI is InChI=1S/C24H27N3O5S/c1-24(2,3)14-6-4-13(5-7-14)20(29)22(31)25-10-18-15-11-27(23(32)16(15)12-33-18)17-8-9-19(28)26-21(17)30/h4-7,12,17,20,29H,8-11H2,1-3H3,(H,25,31)(H,26,28,30). The van der Waals surface area contributed by atoms with Crippen LogP contribution in [0.1, 0.15) is 71.6 Å². The molecule has 3 N–H and O–H groups in total. The van der Waals surface area contributed by atoms with Gasteiger partial charge in [-0.05, 0) is 28.5 Å². The highest BCUT2D eigenvalue weighted by atomic mass is 32.1. The molecule has 0 spiro atoms. The van der Waals surface area contributed by atoms with Crippen LogP contribution in [0, 0.1) is 0 Å². The Morgan fingerprint density at radius 2 is 1.94 bits per heavy atom. The minimum absolute atomic E-state index is 0.0234. The van der Waals surface area contributed by atoms with Gasteiger partial charge in [0.25, 0.3) is 11.8 Å². The Kier molecular flexibility index (Phi) is 6.11. The SMILES string of the molecule is CC(C)(C)c1ccc(C(O)C(=O)NCc2scc3c2CN(C2CCC(=O)NC2=O)C3=O)cc1. The van der Waals surface area contributed by atoms with Crippen molar-refractivity contribution in [1.29, 1.82) is 0 Å². The molecular weight excluding hydrogens is 442 g/mol. The van der Waals surface area contributed by atoms with Crippen molar-refractivity contribution >= 4 is 35.0 Å². The largest absolute Gasteiger partial charge is 0.378 e. The molecule has 4 amide bonds. The number of thiophene rings is 1. The van der Waals surface area contributed by atoms with Crippen molar-refractivity contribution in [2.24, 2.45) is 0 Å². The van der Waals surface area contributed by atoms with Crippen LogP contribution in [0.3, 0.4) is 0 Å². The number of benzene rings is 1. The van der Waals surface area contributed by atoms with Crippen LogP contribution in [0.15, 0.2) is 29.6 Å². The number of imide groups is 1. The Morgan fingerprint density at radius 1 is 1.24 bits per heavy atom. The number of aliphatic hydroxyl groups excluding tert-OH is 1. The molecule has 1 saturated heterocycles. The Balaban J connectivity index is 1.40. The van der Waals surface area contributed by atoms with Gasteiger partial charge in [0.1, 0.15) is 6.04 Å². The molecule has 2 aliphatic heterocycles. The fourth-order valence-corrected chi connectivity index (χ4v) is 5.11. The number of aliphatic hydroxyl groups is 1. The Bertz CT molecular complexity index is 1120. The second-order valence-corrected chi connectivity index (χ2v) is 10.4. The molecular formula is C24H27N3O5S. The molecule has 2 atom stereocenters. The average molecular weight is 470 g/mol. The van der Waals surface area contributed by atoms with E-state index in [1.807, 2.05) is 12.1 Å². The number of piperidine rings is 1. The zero-order chi connectivity index (χ0) is 23.9. The van der Waals surface area contributed by atoms with Gasteiger partial charge in [0, 0.05) is 23.2 Å². The second kappa shape index (κ2) is 8.72. The normalized spacial score (nSPS) is 19.3. The van der Waals surface area contributed by atoms with Gasteiger partial charge in [0.15, 0.2) is 6.10 Å². The number of amides is 4. The van der Waals surface area contributed by atoms with E-state index < -0.39 is 24.0 Å². The van der Waals surface area contributed by atoms with Crippen LogP contribution in [0.5, 0.6) is 0 Å². The van der Waals surface area contributed by atoms with Crippen LogP contribution >= 0.6 is 11.3 Å². The third kappa shape index (κ3) is 4.56. The fraction of sp³-hybridized carbons (Fsp3) is 0.417. The third-order valence-electron chi connectivity index (χ3n) is 6.15. The fourth-order valence-electron chi connectivity index (χ4n) is 4.13. The van der Waals surface area contributed by atoms with Gasteiger partial charge in [-0.1, -0.05) is 45.0 Å². The Hall–Kier alpha value is -3.04. The summed E-state index contributed by atoms with van der Waals surface area (Å²) in [7, 11) is 0. The summed E-state index contributed by atoms with van der Waals surface area (Å²) in [5.74, 6) is -1.55. The van der Waals surface area contributed by atoms with E-state index in [1.165, 1.54) is 16.2 Å². The molecule has 0 bridgehead atoms. The van der Waals surface area contributed by atoms with Crippen molar-refractivity contribution in [3.8, 4) is 0 Å². The molecule has 3 heterocycles. The summed E-state index contributed by atoms with van der Waals surface area (Å²) < 4.78 is 0. The Morgan fingerprint density at radius 3 is 2.58 bits per heavy atom. The van der Waals surface area contributed by atoms with E-state index >= 15 is 0 Å². The Labute approximate surface area is 196 Å². The zero-order valence-electron chi connectivity index (χ0n) is 18.8. The second-order valence-electron chi connectivity index (χ2n) is 9.44. The van der Waals surface area contributed by atoms with Crippen molar-refractivity contribution in [1.82, 2.24) is 15.5 Å². The zero-order valence-corrected chi connectivity index (χ0v) is 19.6. The van der Waals surface area contributed by atoms with E-state index in [9.17, 15) is 24.3 Å². The molecule has 2 aromatic rings. The maximum atomic E-state index is 12.8. The molecule has 174 valence electrons. The molecule has 0 saturated carbocycles. The van der Waals surface area contributed by atoms with Gasteiger partial charge in [0.05, 0.1) is 12.1 Å². The van der Waals surface area contributed by atoms with Gasteiger partial charge in [-0.15, -0.1) is 11.3 Å². The summed E-state index contributed by atoms with van der Waals surface area (Å²) in [6.07, 6.45) is -0.797. The minimum atomic E-state index is -1.30. The smallest absolute Gasteiger partial charge is 0.256 e. The molecule has 0 radical (unpaired) electrons. The van der Waals surface area contributed by atoms with E-state index in [2.05, 4.69) is 31.4 Å². The number of fused-ring (bicyclic) bond motifs is 1. The van der Waals surface area contributed by atoms with Gasteiger partial charge in [0.2, 0.25) is 11.8 Å². The number of nitrogens with zero attached hydrogens (tertiary/aromatic N) is 1. The highest BCUT2D eigenvalue weighted by Crippen LogP contribution is 2.34. The average Bonchev–Trinajstić information content (AvgIpc) is 3.31. The first-order chi connectivity index (χ1) is 15.6. The summed E-state index contributed by atoms with van der Waals surface area (Å²) in [5, 5.41) is 17.2. The number of carbonyl (C=O) groups is 4. The van der Waals surface area contributed by atoms with Crippen LogP contribution in [0.4, 0.5) is 0 Å². The van der Waals surface area contributed by atoms with Crippen LogP contribution in [-0.4, -0.2) is 39.7 Å². The highest BCUT2D eigenvalue weighted by Gasteiger charge is 2.40. The predicted molar refractivity (Wildman–Crippen MR) is 122 cm³/mol. The molecule has 1 fully saturated rings. The van der Waals surface area contributed by atoms with E-state index in [0.717, 1.165) is 16.0 Å². The topological polar surface area (TPSA) is 116 Å². The molecule has 8 nitrogen and oxygen atoms in total. The molecule has 2 unspecified atom stereocenters. The van der Waals surface area contributed by atoms with Crippen molar-refractivity contribution in [2.75, 3.05) is 0 Å². The van der Waals surface area contributed by atoms with Crippen LogP contribution in [0.25, 0.3) is 0 Å². The third-order valence-corrected chi connectivity index (χ3v) is 7.18. The predicted octanol–water partition coefficient (Wildman–Crippen LogP) is 2.16. The highest BCUT2D eigenvalue weighted by molar-refractivity contribution is 7.10. The van der Waals surface area contributed by atoms with Crippen molar-refractivity contribution < 1.29 is 24.3 Å². The summed E-state index contributed by atoms with van der Waals surface area (Å²) in [5.41, 5.74) is 2.89.